The van der Waals surface area contributed by atoms with Crippen LogP contribution in [0.1, 0.15) is 55.8 Å². The van der Waals surface area contributed by atoms with Gasteiger partial charge in [0.1, 0.15) is 0 Å². The Balaban J connectivity index is 2.82. The van der Waals surface area contributed by atoms with Gasteiger partial charge in [0.05, 0.1) is 0 Å². The highest BCUT2D eigenvalue weighted by Crippen LogP contribution is 2.26. The van der Waals surface area contributed by atoms with Crippen LogP contribution in [-0.2, 0) is 0 Å². The highest BCUT2D eigenvalue weighted by atomic mass is 14.9. The molecule has 1 rings (SSSR count). The maximum absolute atomic E-state index is 3.48. The molecule has 2 atom stereocenters. The molecule has 1 aromatic carbocycles. The van der Waals surface area contributed by atoms with E-state index in [9.17, 15) is 0 Å². The number of benzene rings is 1. The molecule has 1 N–H and O–H groups in total. The lowest BCUT2D eigenvalue weighted by Gasteiger charge is -2.23. The fourth-order valence-electron chi connectivity index (χ4n) is 2.55. The zero-order chi connectivity index (χ0) is 12.8. The molecule has 0 saturated heterocycles. The Hall–Kier alpha value is -0.820. The van der Waals surface area contributed by atoms with E-state index in [-0.39, 0.29) is 0 Å². The molecule has 0 fully saturated rings. The van der Waals surface area contributed by atoms with Crippen molar-refractivity contribution in [1.82, 2.24) is 5.32 Å². The van der Waals surface area contributed by atoms with E-state index in [1.807, 2.05) is 0 Å². The summed E-state index contributed by atoms with van der Waals surface area (Å²) in [6.07, 6.45) is 3.84. The van der Waals surface area contributed by atoms with Crippen LogP contribution < -0.4 is 5.32 Å². The van der Waals surface area contributed by atoms with E-state index in [4.69, 9.17) is 0 Å². The molecule has 0 radical (unpaired) electrons. The van der Waals surface area contributed by atoms with E-state index in [1.165, 1.54) is 36.0 Å². The van der Waals surface area contributed by atoms with Crippen molar-refractivity contribution in [1.29, 1.82) is 0 Å². The van der Waals surface area contributed by atoms with Crippen molar-refractivity contribution in [3.63, 3.8) is 0 Å². The molecule has 1 heteroatoms. The van der Waals surface area contributed by atoms with Gasteiger partial charge in [-0.15, -0.1) is 0 Å². The Bertz CT molecular complexity index is 343. The summed E-state index contributed by atoms with van der Waals surface area (Å²) in [5, 5.41) is 3.48. The van der Waals surface area contributed by atoms with E-state index in [0.717, 1.165) is 5.92 Å². The van der Waals surface area contributed by atoms with E-state index in [0.29, 0.717) is 6.04 Å². The molecular formula is C16H27N. The van der Waals surface area contributed by atoms with Crippen LogP contribution in [0, 0.1) is 19.8 Å². The van der Waals surface area contributed by atoms with E-state index >= 15 is 0 Å². The Kier molecular flexibility index (Phi) is 5.70. The van der Waals surface area contributed by atoms with Gasteiger partial charge in [-0.25, -0.2) is 0 Å². The third-order valence-corrected chi connectivity index (χ3v) is 3.58. The summed E-state index contributed by atoms with van der Waals surface area (Å²) in [4.78, 5) is 0. The van der Waals surface area contributed by atoms with Gasteiger partial charge in [0, 0.05) is 6.04 Å². The van der Waals surface area contributed by atoms with Gasteiger partial charge in [-0.05, 0) is 44.4 Å². The van der Waals surface area contributed by atoms with Gasteiger partial charge in [-0.1, -0.05) is 50.5 Å². The molecule has 96 valence electrons. The highest BCUT2D eigenvalue weighted by Gasteiger charge is 2.15. The Morgan fingerprint density at radius 2 is 1.94 bits per heavy atom. The summed E-state index contributed by atoms with van der Waals surface area (Å²) in [5.41, 5.74) is 4.23. The minimum Gasteiger partial charge on any atom is -0.313 e. The number of hydrogen-bond acceptors (Lipinski definition) is 1. The minimum absolute atomic E-state index is 0.497. The molecule has 0 spiro atoms. The Morgan fingerprint density at radius 1 is 1.24 bits per heavy atom. The molecule has 0 bridgehead atoms. The standard InChI is InChI=1S/C16H27N/c1-6-7-12(2)11-16(17-5)15-10-13(3)8-9-14(15)4/h8-10,12,16-17H,6-7,11H2,1-5H3. The van der Waals surface area contributed by atoms with Gasteiger partial charge in [0.2, 0.25) is 0 Å². The fraction of sp³-hybridized carbons (Fsp3) is 0.625. The first-order valence-corrected chi connectivity index (χ1v) is 6.82. The molecule has 0 heterocycles. The highest BCUT2D eigenvalue weighted by molar-refractivity contribution is 5.33. The van der Waals surface area contributed by atoms with Crippen molar-refractivity contribution < 1.29 is 0 Å². The molecule has 0 aliphatic carbocycles. The molecule has 0 aromatic heterocycles. The van der Waals surface area contributed by atoms with Crippen molar-refractivity contribution in [3.05, 3.63) is 34.9 Å². The second-order valence-corrected chi connectivity index (χ2v) is 5.33. The normalized spacial score (nSPS) is 14.6. The molecule has 0 aliphatic rings. The maximum atomic E-state index is 3.48. The van der Waals surface area contributed by atoms with Crippen molar-refractivity contribution >= 4 is 0 Å². The molecule has 17 heavy (non-hydrogen) atoms. The zero-order valence-electron chi connectivity index (χ0n) is 12.0. The largest absolute Gasteiger partial charge is 0.313 e. The molecule has 1 aromatic rings. The first-order chi connectivity index (χ1) is 8.08. The van der Waals surface area contributed by atoms with E-state index in [1.54, 1.807) is 0 Å². The van der Waals surface area contributed by atoms with Crippen molar-refractivity contribution in [2.24, 2.45) is 5.92 Å². The number of aryl methyl sites for hydroxylation is 2. The van der Waals surface area contributed by atoms with Gasteiger partial charge in [-0.2, -0.15) is 0 Å². The molecular weight excluding hydrogens is 206 g/mol. The van der Waals surface area contributed by atoms with Gasteiger partial charge >= 0.3 is 0 Å². The summed E-state index contributed by atoms with van der Waals surface area (Å²) < 4.78 is 0. The molecule has 0 aliphatic heterocycles. The number of nitrogens with one attached hydrogen (secondary N) is 1. The van der Waals surface area contributed by atoms with Crippen LogP contribution in [0.3, 0.4) is 0 Å². The Morgan fingerprint density at radius 3 is 2.53 bits per heavy atom. The molecule has 1 nitrogen and oxygen atoms in total. The second-order valence-electron chi connectivity index (χ2n) is 5.33. The lowest BCUT2D eigenvalue weighted by atomic mass is 9.90. The van der Waals surface area contributed by atoms with Gasteiger partial charge < -0.3 is 5.32 Å². The zero-order valence-corrected chi connectivity index (χ0v) is 12.0. The summed E-state index contributed by atoms with van der Waals surface area (Å²) >= 11 is 0. The fourth-order valence-corrected chi connectivity index (χ4v) is 2.55. The van der Waals surface area contributed by atoms with E-state index in [2.05, 4.69) is 58.3 Å². The smallest absolute Gasteiger partial charge is 0.0322 e. The quantitative estimate of drug-likeness (QED) is 0.768. The van der Waals surface area contributed by atoms with Gasteiger partial charge in [-0.3, -0.25) is 0 Å². The number of hydrogen-bond donors (Lipinski definition) is 1. The summed E-state index contributed by atoms with van der Waals surface area (Å²) in [7, 11) is 2.07. The predicted octanol–water partition coefficient (Wildman–Crippen LogP) is 4.39. The maximum Gasteiger partial charge on any atom is 0.0322 e. The van der Waals surface area contributed by atoms with Crippen LogP contribution in [0.2, 0.25) is 0 Å². The van der Waals surface area contributed by atoms with Crippen molar-refractivity contribution in [2.45, 2.75) is 53.0 Å². The van der Waals surface area contributed by atoms with Gasteiger partial charge in [0.15, 0.2) is 0 Å². The lowest BCUT2D eigenvalue weighted by Crippen LogP contribution is -2.20. The van der Waals surface area contributed by atoms with Crippen LogP contribution in [0.4, 0.5) is 0 Å². The molecule has 2 unspecified atom stereocenters. The number of rotatable bonds is 6. The first kappa shape index (κ1) is 14.2. The van der Waals surface area contributed by atoms with Crippen LogP contribution in [0.25, 0.3) is 0 Å². The SMILES string of the molecule is CCCC(C)CC(NC)c1cc(C)ccc1C. The topological polar surface area (TPSA) is 12.0 Å². The minimum atomic E-state index is 0.497. The average Bonchev–Trinajstić information content (AvgIpc) is 2.30. The second kappa shape index (κ2) is 6.80. The summed E-state index contributed by atoms with van der Waals surface area (Å²) in [5.74, 6) is 0.789. The Labute approximate surface area is 107 Å². The third kappa shape index (κ3) is 4.16. The third-order valence-electron chi connectivity index (χ3n) is 3.58. The van der Waals surface area contributed by atoms with Crippen LogP contribution in [-0.4, -0.2) is 7.05 Å². The van der Waals surface area contributed by atoms with Crippen molar-refractivity contribution in [2.75, 3.05) is 7.05 Å². The molecule has 0 amide bonds. The van der Waals surface area contributed by atoms with Crippen LogP contribution in [0.15, 0.2) is 18.2 Å². The summed E-state index contributed by atoms with van der Waals surface area (Å²) in [6.45, 7) is 9.01. The molecule has 0 saturated carbocycles. The lowest BCUT2D eigenvalue weighted by molar-refractivity contribution is 0.406. The van der Waals surface area contributed by atoms with Crippen LogP contribution in [0.5, 0.6) is 0 Å². The average molecular weight is 233 g/mol. The first-order valence-electron chi connectivity index (χ1n) is 6.82. The van der Waals surface area contributed by atoms with Crippen LogP contribution >= 0.6 is 0 Å². The van der Waals surface area contributed by atoms with E-state index < -0.39 is 0 Å². The van der Waals surface area contributed by atoms with Crippen molar-refractivity contribution in [3.8, 4) is 0 Å². The monoisotopic (exact) mass is 233 g/mol. The predicted molar refractivity (Wildman–Crippen MR) is 76.4 cm³/mol. The van der Waals surface area contributed by atoms with Gasteiger partial charge in [0.25, 0.3) is 0 Å². The summed E-state index contributed by atoms with van der Waals surface area (Å²) in [6, 6.07) is 7.26.